The SMILES string of the molecule is Cc1ccc(S(=O)(=O)c2ccc(C)c(CI)c2)cc1CI. The summed E-state index contributed by atoms with van der Waals surface area (Å²) >= 11 is 4.52. The van der Waals surface area contributed by atoms with Gasteiger partial charge < -0.3 is 0 Å². The second-order valence-corrected chi connectivity index (χ2v) is 8.42. The highest BCUT2D eigenvalue weighted by Gasteiger charge is 2.19. The van der Waals surface area contributed by atoms with E-state index >= 15 is 0 Å². The summed E-state index contributed by atoms with van der Waals surface area (Å²) in [5.74, 6) is 0. The number of halogens is 2. The molecule has 0 spiro atoms. The van der Waals surface area contributed by atoms with Crippen LogP contribution >= 0.6 is 45.2 Å². The van der Waals surface area contributed by atoms with E-state index in [4.69, 9.17) is 0 Å². The van der Waals surface area contributed by atoms with E-state index < -0.39 is 9.84 Å². The highest BCUT2D eigenvalue weighted by Crippen LogP contribution is 2.26. The Bertz CT molecular complexity index is 708. The molecule has 5 heteroatoms. The van der Waals surface area contributed by atoms with E-state index in [1.54, 1.807) is 24.3 Å². The molecule has 21 heavy (non-hydrogen) atoms. The molecular formula is C16H16I2O2S. The third kappa shape index (κ3) is 3.61. The lowest BCUT2D eigenvalue weighted by molar-refractivity contribution is 0.596. The molecule has 0 aromatic heterocycles. The third-order valence-corrected chi connectivity index (χ3v) is 6.94. The van der Waals surface area contributed by atoms with Gasteiger partial charge in [0.15, 0.2) is 0 Å². The molecular weight excluding hydrogens is 510 g/mol. The van der Waals surface area contributed by atoms with Crippen LogP contribution in [-0.2, 0) is 18.7 Å². The van der Waals surface area contributed by atoms with Crippen LogP contribution in [0.25, 0.3) is 0 Å². The number of aryl methyl sites for hydroxylation is 2. The summed E-state index contributed by atoms with van der Waals surface area (Å²) < 4.78 is 27.2. The molecule has 0 aliphatic carbocycles. The van der Waals surface area contributed by atoms with E-state index in [-0.39, 0.29) is 0 Å². The van der Waals surface area contributed by atoms with Crippen molar-refractivity contribution in [1.29, 1.82) is 0 Å². The molecule has 2 aromatic carbocycles. The van der Waals surface area contributed by atoms with Crippen LogP contribution < -0.4 is 0 Å². The van der Waals surface area contributed by atoms with Crippen LogP contribution in [0.2, 0.25) is 0 Å². The molecule has 0 amide bonds. The molecule has 0 atom stereocenters. The Morgan fingerprint density at radius 3 is 1.52 bits per heavy atom. The van der Waals surface area contributed by atoms with E-state index in [2.05, 4.69) is 45.2 Å². The second-order valence-electron chi connectivity index (χ2n) is 4.95. The number of hydrogen-bond donors (Lipinski definition) is 0. The average Bonchev–Trinajstić information content (AvgIpc) is 2.47. The molecule has 0 bridgehead atoms. The average molecular weight is 526 g/mol. The molecule has 112 valence electrons. The van der Waals surface area contributed by atoms with Crippen molar-refractivity contribution in [3.63, 3.8) is 0 Å². The van der Waals surface area contributed by atoms with Gasteiger partial charge in [-0.05, 0) is 60.4 Å². The lowest BCUT2D eigenvalue weighted by atomic mass is 10.1. The van der Waals surface area contributed by atoms with Crippen molar-refractivity contribution in [2.45, 2.75) is 32.5 Å². The molecule has 0 saturated heterocycles. The lowest BCUT2D eigenvalue weighted by Crippen LogP contribution is -2.04. The van der Waals surface area contributed by atoms with Crippen molar-refractivity contribution in [2.75, 3.05) is 0 Å². The predicted octanol–water partition coefficient (Wildman–Crippen LogP) is 5.01. The summed E-state index contributed by atoms with van der Waals surface area (Å²) in [5, 5.41) is 0. The van der Waals surface area contributed by atoms with Gasteiger partial charge in [-0.1, -0.05) is 57.3 Å². The number of rotatable bonds is 4. The van der Waals surface area contributed by atoms with Crippen LogP contribution in [0.4, 0.5) is 0 Å². The fourth-order valence-electron chi connectivity index (χ4n) is 2.05. The van der Waals surface area contributed by atoms with E-state index in [1.165, 1.54) is 0 Å². The maximum Gasteiger partial charge on any atom is 0.206 e. The van der Waals surface area contributed by atoms with Crippen LogP contribution in [0.15, 0.2) is 46.2 Å². The van der Waals surface area contributed by atoms with Crippen molar-refractivity contribution in [3.8, 4) is 0 Å². The first-order valence-corrected chi connectivity index (χ1v) is 11.0. The standard InChI is InChI=1S/C16H16I2O2S/c1-11-3-5-15(7-13(11)9-17)21(19,20)16-6-4-12(2)14(8-16)10-18/h3-8H,9-10H2,1-2H3. The van der Waals surface area contributed by atoms with Gasteiger partial charge in [0.25, 0.3) is 0 Å². The number of alkyl halides is 2. The van der Waals surface area contributed by atoms with Crippen molar-refractivity contribution in [3.05, 3.63) is 58.7 Å². The van der Waals surface area contributed by atoms with Crippen molar-refractivity contribution >= 4 is 55.0 Å². The van der Waals surface area contributed by atoms with E-state index in [0.29, 0.717) is 9.79 Å². The van der Waals surface area contributed by atoms with Crippen LogP contribution in [0.5, 0.6) is 0 Å². The summed E-state index contributed by atoms with van der Waals surface area (Å²) in [6, 6.07) is 10.7. The molecule has 0 aliphatic heterocycles. The largest absolute Gasteiger partial charge is 0.219 e. The summed E-state index contributed by atoms with van der Waals surface area (Å²) in [6.07, 6.45) is 0. The minimum absolute atomic E-state index is 0.378. The zero-order valence-corrected chi connectivity index (χ0v) is 17.0. The number of benzene rings is 2. The zero-order chi connectivity index (χ0) is 15.6. The summed E-state index contributed by atoms with van der Waals surface area (Å²) in [5.41, 5.74) is 4.39. The van der Waals surface area contributed by atoms with Gasteiger partial charge in [0.1, 0.15) is 0 Å². The lowest BCUT2D eigenvalue weighted by Gasteiger charge is -2.10. The smallest absolute Gasteiger partial charge is 0.206 e. The first-order chi connectivity index (χ1) is 9.90. The Morgan fingerprint density at radius 1 is 0.810 bits per heavy atom. The Balaban J connectivity index is 2.56. The summed E-state index contributed by atoms with van der Waals surface area (Å²) in [6.45, 7) is 4.01. The van der Waals surface area contributed by atoms with Gasteiger partial charge in [-0.25, -0.2) is 8.42 Å². The molecule has 0 unspecified atom stereocenters. The van der Waals surface area contributed by atoms with E-state index in [0.717, 1.165) is 31.1 Å². The molecule has 0 aliphatic rings. The first kappa shape index (κ1) is 17.2. The summed E-state index contributed by atoms with van der Waals surface area (Å²) in [4.78, 5) is 0.756. The quantitative estimate of drug-likeness (QED) is 0.415. The monoisotopic (exact) mass is 526 g/mol. The highest BCUT2D eigenvalue weighted by atomic mass is 127. The topological polar surface area (TPSA) is 34.1 Å². The highest BCUT2D eigenvalue weighted by molar-refractivity contribution is 14.1. The Hall–Kier alpha value is -0.150. The number of sulfone groups is 1. The Morgan fingerprint density at radius 2 is 1.19 bits per heavy atom. The summed E-state index contributed by atoms with van der Waals surface area (Å²) in [7, 11) is -3.44. The molecule has 0 saturated carbocycles. The van der Waals surface area contributed by atoms with E-state index in [1.807, 2.05) is 26.0 Å². The van der Waals surface area contributed by atoms with Crippen LogP contribution in [0.1, 0.15) is 22.3 Å². The Kier molecular flexibility index (Phi) is 5.70. The Labute approximate surface area is 153 Å². The fourth-order valence-corrected chi connectivity index (χ4v) is 5.06. The molecule has 0 heterocycles. The fraction of sp³-hybridized carbons (Fsp3) is 0.250. The molecule has 0 N–H and O–H groups in total. The minimum Gasteiger partial charge on any atom is -0.219 e. The van der Waals surface area contributed by atoms with Gasteiger partial charge in [0.05, 0.1) is 9.79 Å². The first-order valence-electron chi connectivity index (χ1n) is 6.46. The normalized spacial score (nSPS) is 11.6. The van der Waals surface area contributed by atoms with Gasteiger partial charge >= 0.3 is 0 Å². The maximum atomic E-state index is 12.8. The van der Waals surface area contributed by atoms with Crippen LogP contribution in [0.3, 0.4) is 0 Å². The zero-order valence-electron chi connectivity index (χ0n) is 11.9. The van der Waals surface area contributed by atoms with Gasteiger partial charge in [0, 0.05) is 8.86 Å². The van der Waals surface area contributed by atoms with Gasteiger partial charge in [-0.15, -0.1) is 0 Å². The van der Waals surface area contributed by atoms with Gasteiger partial charge in [-0.3, -0.25) is 0 Å². The minimum atomic E-state index is -3.44. The molecule has 0 radical (unpaired) electrons. The van der Waals surface area contributed by atoms with Crippen LogP contribution in [0, 0.1) is 13.8 Å². The van der Waals surface area contributed by atoms with Crippen molar-refractivity contribution in [1.82, 2.24) is 0 Å². The second kappa shape index (κ2) is 6.95. The van der Waals surface area contributed by atoms with Gasteiger partial charge in [-0.2, -0.15) is 0 Å². The molecule has 2 aromatic rings. The number of hydrogen-bond acceptors (Lipinski definition) is 2. The maximum absolute atomic E-state index is 12.8. The molecule has 2 nitrogen and oxygen atoms in total. The van der Waals surface area contributed by atoms with Crippen molar-refractivity contribution < 1.29 is 8.42 Å². The molecule has 2 rings (SSSR count). The van der Waals surface area contributed by atoms with Crippen molar-refractivity contribution in [2.24, 2.45) is 0 Å². The van der Waals surface area contributed by atoms with E-state index in [9.17, 15) is 8.42 Å². The predicted molar refractivity (Wildman–Crippen MR) is 103 cm³/mol. The molecule has 0 fully saturated rings. The third-order valence-electron chi connectivity index (χ3n) is 3.55. The van der Waals surface area contributed by atoms with Gasteiger partial charge in [0.2, 0.25) is 9.84 Å². The van der Waals surface area contributed by atoms with Crippen LogP contribution in [-0.4, -0.2) is 8.42 Å².